The average molecular weight is 211 g/mol. The van der Waals surface area contributed by atoms with Crippen LogP contribution in [0, 0.1) is 4.77 Å². The van der Waals surface area contributed by atoms with E-state index < -0.39 is 0 Å². The van der Waals surface area contributed by atoms with Gasteiger partial charge in [-0.05, 0) is 18.3 Å². The molecule has 0 saturated heterocycles. The van der Waals surface area contributed by atoms with Gasteiger partial charge in [-0.3, -0.25) is 14.3 Å². The largest absolute Gasteiger partial charge is 0.342 e. The maximum absolute atomic E-state index is 11.2. The van der Waals surface area contributed by atoms with E-state index in [0.717, 1.165) is 0 Å². The molecule has 6 nitrogen and oxygen atoms in total. The Morgan fingerprint density at radius 2 is 2.29 bits per heavy atom. The molecule has 2 rings (SSSR count). The summed E-state index contributed by atoms with van der Waals surface area (Å²) in [5, 5.41) is 9.02. The fourth-order valence-corrected chi connectivity index (χ4v) is 1.40. The van der Waals surface area contributed by atoms with Crippen molar-refractivity contribution in [3.8, 4) is 0 Å². The maximum Gasteiger partial charge on any atom is 0.342 e. The monoisotopic (exact) mass is 211 g/mol. The van der Waals surface area contributed by atoms with Crippen LogP contribution in [0.5, 0.6) is 0 Å². The number of hydrogen-bond donors (Lipinski definition) is 2. The van der Waals surface area contributed by atoms with Gasteiger partial charge in [0.15, 0.2) is 4.77 Å². The van der Waals surface area contributed by atoms with Crippen molar-refractivity contribution in [1.29, 1.82) is 0 Å². The number of aromatic amines is 2. The molecule has 0 radical (unpaired) electrons. The molecule has 2 heterocycles. The number of H-pyrrole nitrogens is 2. The fraction of sp³-hybridized carbons (Fsp3) is 0.286. The first-order valence-electron chi connectivity index (χ1n) is 4.12. The molecule has 0 aromatic carbocycles. The SMILES string of the molecule is O=c1[nH][nH]c(=S)n1CCn1cccn1. The van der Waals surface area contributed by atoms with Gasteiger partial charge in [-0.1, -0.05) is 0 Å². The van der Waals surface area contributed by atoms with Crippen molar-refractivity contribution in [3.63, 3.8) is 0 Å². The van der Waals surface area contributed by atoms with E-state index in [1.807, 2.05) is 12.3 Å². The predicted molar refractivity (Wildman–Crippen MR) is 52.5 cm³/mol. The summed E-state index contributed by atoms with van der Waals surface area (Å²) >= 11 is 4.91. The van der Waals surface area contributed by atoms with Gasteiger partial charge in [0, 0.05) is 18.9 Å². The first kappa shape index (κ1) is 8.95. The molecule has 0 unspecified atom stereocenters. The molecule has 2 aromatic heterocycles. The standard InChI is InChI=1S/C7H9N5OS/c13-6-9-10-7(14)12(6)5-4-11-3-1-2-8-11/h1-3H,4-5H2,(H,9,13)(H,10,14). The summed E-state index contributed by atoms with van der Waals surface area (Å²) in [6.45, 7) is 1.14. The summed E-state index contributed by atoms with van der Waals surface area (Å²) < 4.78 is 3.60. The maximum atomic E-state index is 11.2. The van der Waals surface area contributed by atoms with Crippen molar-refractivity contribution in [2.24, 2.45) is 0 Å². The topological polar surface area (TPSA) is 71.4 Å². The molecule has 0 atom stereocenters. The number of rotatable bonds is 3. The lowest BCUT2D eigenvalue weighted by Crippen LogP contribution is -2.20. The third-order valence-corrected chi connectivity index (χ3v) is 2.20. The van der Waals surface area contributed by atoms with Crippen molar-refractivity contribution >= 4 is 12.2 Å². The molecule has 0 saturated carbocycles. The number of nitrogens with zero attached hydrogens (tertiary/aromatic N) is 3. The number of aromatic nitrogens is 5. The number of aryl methyl sites for hydroxylation is 1. The van der Waals surface area contributed by atoms with Crippen molar-refractivity contribution in [3.05, 3.63) is 33.7 Å². The Morgan fingerprint density at radius 1 is 1.43 bits per heavy atom. The summed E-state index contributed by atoms with van der Waals surface area (Å²) in [7, 11) is 0. The van der Waals surface area contributed by atoms with Crippen LogP contribution in [0.2, 0.25) is 0 Å². The van der Waals surface area contributed by atoms with Gasteiger partial charge in [-0.25, -0.2) is 9.89 Å². The fourth-order valence-electron chi connectivity index (χ4n) is 1.17. The lowest BCUT2D eigenvalue weighted by molar-refractivity contribution is 0.521. The second-order valence-electron chi connectivity index (χ2n) is 2.78. The van der Waals surface area contributed by atoms with Crippen LogP contribution in [0.25, 0.3) is 0 Å². The van der Waals surface area contributed by atoms with E-state index in [2.05, 4.69) is 15.3 Å². The number of hydrogen-bond acceptors (Lipinski definition) is 3. The molecule has 0 spiro atoms. The Balaban J connectivity index is 2.13. The molecule has 7 heteroatoms. The second-order valence-corrected chi connectivity index (χ2v) is 3.17. The summed E-state index contributed by atoms with van der Waals surface area (Å²) in [6, 6.07) is 1.83. The summed E-state index contributed by atoms with van der Waals surface area (Å²) in [6.07, 6.45) is 3.53. The van der Waals surface area contributed by atoms with Gasteiger partial charge < -0.3 is 0 Å². The molecule has 0 aliphatic heterocycles. The quantitative estimate of drug-likeness (QED) is 0.709. The van der Waals surface area contributed by atoms with Gasteiger partial charge in [0.25, 0.3) is 0 Å². The van der Waals surface area contributed by atoms with Crippen molar-refractivity contribution in [2.75, 3.05) is 0 Å². The van der Waals surface area contributed by atoms with Crippen LogP contribution in [0.3, 0.4) is 0 Å². The predicted octanol–water partition coefficient (Wildman–Crippen LogP) is 0.131. The Bertz CT molecular complexity index is 477. The van der Waals surface area contributed by atoms with Crippen LogP contribution >= 0.6 is 12.2 Å². The van der Waals surface area contributed by atoms with E-state index in [0.29, 0.717) is 17.9 Å². The molecule has 0 fully saturated rings. The summed E-state index contributed by atoms with van der Waals surface area (Å²) in [5.74, 6) is 0. The highest BCUT2D eigenvalue weighted by atomic mass is 32.1. The van der Waals surface area contributed by atoms with E-state index >= 15 is 0 Å². The lowest BCUT2D eigenvalue weighted by atomic mass is 10.6. The van der Waals surface area contributed by atoms with Crippen LogP contribution in [0.15, 0.2) is 23.3 Å². The number of nitrogens with one attached hydrogen (secondary N) is 2. The highest BCUT2D eigenvalue weighted by molar-refractivity contribution is 7.71. The molecular formula is C7H9N5OS. The molecule has 0 aliphatic rings. The molecular weight excluding hydrogens is 202 g/mol. The minimum Gasteiger partial charge on any atom is -0.272 e. The van der Waals surface area contributed by atoms with Crippen molar-refractivity contribution in [1.82, 2.24) is 24.5 Å². The van der Waals surface area contributed by atoms with Crippen molar-refractivity contribution < 1.29 is 0 Å². The highest BCUT2D eigenvalue weighted by Gasteiger charge is 1.99. The van der Waals surface area contributed by atoms with Gasteiger partial charge >= 0.3 is 5.69 Å². The zero-order valence-corrected chi connectivity index (χ0v) is 8.12. The molecule has 2 N–H and O–H groups in total. The Kier molecular flexibility index (Phi) is 2.32. The van der Waals surface area contributed by atoms with Crippen LogP contribution < -0.4 is 5.69 Å². The van der Waals surface area contributed by atoms with E-state index in [4.69, 9.17) is 12.2 Å². The smallest absolute Gasteiger partial charge is 0.272 e. The highest BCUT2D eigenvalue weighted by Crippen LogP contribution is 1.88. The Labute approximate surface area is 84.2 Å². The first-order chi connectivity index (χ1) is 6.77. The van der Waals surface area contributed by atoms with Crippen molar-refractivity contribution in [2.45, 2.75) is 13.1 Å². The van der Waals surface area contributed by atoms with Crippen LogP contribution in [-0.4, -0.2) is 24.5 Å². The molecule has 14 heavy (non-hydrogen) atoms. The molecule has 0 amide bonds. The third kappa shape index (κ3) is 1.67. The van der Waals surface area contributed by atoms with Gasteiger partial charge in [0.1, 0.15) is 0 Å². The second kappa shape index (κ2) is 3.62. The van der Waals surface area contributed by atoms with E-state index in [1.165, 1.54) is 4.57 Å². The van der Waals surface area contributed by atoms with E-state index in [9.17, 15) is 4.79 Å². The van der Waals surface area contributed by atoms with Gasteiger partial charge in [0.05, 0.1) is 6.54 Å². The molecule has 0 aliphatic carbocycles. The van der Waals surface area contributed by atoms with Crippen LogP contribution in [0.1, 0.15) is 0 Å². The zero-order chi connectivity index (χ0) is 9.97. The van der Waals surface area contributed by atoms with E-state index in [1.54, 1.807) is 10.9 Å². The van der Waals surface area contributed by atoms with Crippen LogP contribution in [0.4, 0.5) is 0 Å². The lowest BCUT2D eigenvalue weighted by Gasteiger charge is -2.00. The van der Waals surface area contributed by atoms with Gasteiger partial charge in [0.2, 0.25) is 0 Å². The third-order valence-electron chi connectivity index (χ3n) is 1.88. The summed E-state index contributed by atoms with van der Waals surface area (Å²) in [5.41, 5.74) is -0.220. The molecule has 74 valence electrons. The van der Waals surface area contributed by atoms with Gasteiger partial charge in [-0.2, -0.15) is 5.10 Å². The minimum absolute atomic E-state index is 0.220. The Hall–Kier alpha value is -1.63. The van der Waals surface area contributed by atoms with Gasteiger partial charge in [-0.15, -0.1) is 0 Å². The normalized spacial score (nSPS) is 10.6. The summed E-state index contributed by atoms with van der Waals surface area (Å²) in [4.78, 5) is 11.2. The average Bonchev–Trinajstić information content (AvgIpc) is 2.76. The van der Waals surface area contributed by atoms with Crippen LogP contribution in [-0.2, 0) is 13.1 Å². The molecule has 2 aromatic rings. The van der Waals surface area contributed by atoms with E-state index in [-0.39, 0.29) is 5.69 Å². The first-order valence-corrected chi connectivity index (χ1v) is 4.53. The zero-order valence-electron chi connectivity index (χ0n) is 7.30. The minimum atomic E-state index is -0.220. The Morgan fingerprint density at radius 3 is 2.86 bits per heavy atom. The molecule has 0 bridgehead atoms.